The molecule has 0 radical (unpaired) electrons. The van der Waals surface area contributed by atoms with Gasteiger partial charge >= 0.3 is 5.97 Å². The van der Waals surface area contributed by atoms with E-state index in [9.17, 15) is 9.59 Å². The van der Waals surface area contributed by atoms with Crippen LogP contribution in [0.1, 0.15) is 57.4 Å². The van der Waals surface area contributed by atoms with Crippen molar-refractivity contribution >= 4 is 24.0 Å². The van der Waals surface area contributed by atoms with E-state index in [0.717, 1.165) is 74.6 Å². The van der Waals surface area contributed by atoms with E-state index in [1.807, 2.05) is 31.3 Å². The molecule has 2 saturated heterocycles. The lowest BCUT2D eigenvalue weighted by atomic mass is 9.78. The van der Waals surface area contributed by atoms with Crippen LogP contribution in [0.5, 0.6) is 0 Å². The Hall–Kier alpha value is -2.35. The molecule has 0 spiro atoms. The average Bonchev–Trinajstić information content (AvgIpc) is 3.60. The summed E-state index contributed by atoms with van der Waals surface area (Å²) in [4.78, 5) is 31.8. The second kappa shape index (κ2) is 14.0. The van der Waals surface area contributed by atoms with E-state index in [-0.39, 0.29) is 20.0 Å². The van der Waals surface area contributed by atoms with E-state index in [1.54, 1.807) is 0 Å². The summed E-state index contributed by atoms with van der Waals surface area (Å²) in [5.74, 6) is -0.810. The van der Waals surface area contributed by atoms with Gasteiger partial charge in [-0.15, -0.1) is 0 Å². The minimum absolute atomic E-state index is 0. The van der Waals surface area contributed by atoms with E-state index >= 15 is 0 Å². The third-order valence-electron chi connectivity index (χ3n) is 7.78. The number of carbonyl (C=O) groups is 2. The molecule has 3 aliphatic rings. The number of rotatable bonds is 11. The molecule has 4 rings (SSSR count). The monoisotopic (exact) mass is 531 g/mol. The molecule has 0 saturated carbocycles. The summed E-state index contributed by atoms with van der Waals surface area (Å²) in [5.41, 5.74) is 4.36. The molecule has 0 N–H and O–H groups in total. The highest BCUT2D eigenvalue weighted by Crippen LogP contribution is 2.45. The van der Waals surface area contributed by atoms with Crippen molar-refractivity contribution in [2.24, 2.45) is 0 Å². The summed E-state index contributed by atoms with van der Waals surface area (Å²) >= 11 is 6.73. The number of hydrogen-bond acceptors (Lipinski definition) is 7. The molecular formula is C29H42ClN3O4. The smallest absolute Gasteiger partial charge is 0.336 e. The molecule has 8 heteroatoms. The van der Waals surface area contributed by atoms with Crippen molar-refractivity contribution in [1.82, 2.24) is 14.7 Å². The maximum absolute atomic E-state index is 13.4. The molecule has 37 heavy (non-hydrogen) atoms. The van der Waals surface area contributed by atoms with Crippen molar-refractivity contribution in [2.45, 2.75) is 51.9 Å². The van der Waals surface area contributed by atoms with Crippen LogP contribution in [-0.2, 0) is 19.1 Å². The van der Waals surface area contributed by atoms with Crippen LogP contribution in [-0.4, -0.2) is 87.2 Å². The Bertz CT molecular complexity index is 997. The van der Waals surface area contributed by atoms with Crippen LogP contribution in [0.4, 0.5) is 0 Å². The van der Waals surface area contributed by atoms with Gasteiger partial charge in [0.1, 0.15) is 6.61 Å². The SMILES string of the molecule is C.COC(=O)C1=C(CCN2CCCC2)N(C)C(CCN2CCCC2)=C(COC=O)C1c1ccccc1Cl. The maximum Gasteiger partial charge on any atom is 0.336 e. The van der Waals surface area contributed by atoms with Crippen LogP contribution in [0.2, 0.25) is 5.02 Å². The zero-order valence-electron chi connectivity index (χ0n) is 21.5. The lowest BCUT2D eigenvalue weighted by Gasteiger charge is -2.40. The predicted octanol–water partition coefficient (Wildman–Crippen LogP) is 4.83. The van der Waals surface area contributed by atoms with Crippen LogP contribution in [0, 0.1) is 0 Å². The molecule has 0 amide bonds. The predicted molar refractivity (Wildman–Crippen MR) is 147 cm³/mol. The number of nitrogens with zero attached hydrogens (tertiary/aromatic N) is 3. The topological polar surface area (TPSA) is 62.3 Å². The summed E-state index contributed by atoms with van der Waals surface area (Å²) in [6, 6.07) is 7.62. The molecular weight excluding hydrogens is 490 g/mol. The Morgan fingerprint density at radius 3 is 2.11 bits per heavy atom. The second-order valence-electron chi connectivity index (χ2n) is 9.84. The van der Waals surface area contributed by atoms with E-state index in [2.05, 4.69) is 14.7 Å². The number of benzene rings is 1. The Kier molecular flexibility index (Phi) is 11.0. The molecule has 1 aromatic rings. The highest BCUT2D eigenvalue weighted by atomic mass is 35.5. The fraction of sp³-hybridized carbons (Fsp3) is 0.586. The fourth-order valence-corrected chi connectivity index (χ4v) is 6.17. The van der Waals surface area contributed by atoms with Gasteiger partial charge in [0.05, 0.1) is 12.7 Å². The maximum atomic E-state index is 13.4. The number of hydrogen-bond donors (Lipinski definition) is 0. The first-order valence-corrected chi connectivity index (χ1v) is 13.4. The summed E-state index contributed by atoms with van der Waals surface area (Å²) in [5, 5.41) is 0.579. The third-order valence-corrected chi connectivity index (χ3v) is 8.13. The van der Waals surface area contributed by atoms with Crippen molar-refractivity contribution < 1.29 is 19.1 Å². The zero-order valence-corrected chi connectivity index (χ0v) is 22.3. The molecule has 1 atom stereocenters. The third kappa shape index (κ3) is 6.75. The van der Waals surface area contributed by atoms with Crippen molar-refractivity contribution in [3.8, 4) is 0 Å². The standard InChI is InChI=1S/C28H38ClN3O4.CH4/c1-30-24(11-17-31-13-5-6-14-31)22(19-36-20-33)26(21-9-3-4-10-23(21)29)27(28(34)35-2)25(30)12-18-32-15-7-8-16-32;/h3-4,9-10,20,26H,5-8,11-19H2,1-2H3;1H4. The Morgan fingerprint density at radius 2 is 1.57 bits per heavy atom. The molecule has 7 nitrogen and oxygen atoms in total. The van der Waals surface area contributed by atoms with Crippen molar-refractivity contribution in [3.63, 3.8) is 0 Å². The van der Waals surface area contributed by atoms with Crippen molar-refractivity contribution in [3.05, 3.63) is 57.4 Å². The lowest BCUT2D eigenvalue weighted by Crippen LogP contribution is -2.36. The second-order valence-corrected chi connectivity index (χ2v) is 10.2. The van der Waals surface area contributed by atoms with Crippen LogP contribution in [0.3, 0.4) is 0 Å². The van der Waals surface area contributed by atoms with Gasteiger partial charge in [-0.1, -0.05) is 37.2 Å². The molecule has 0 aliphatic carbocycles. The van der Waals surface area contributed by atoms with Crippen LogP contribution in [0.15, 0.2) is 46.8 Å². The summed E-state index contributed by atoms with van der Waals surface area (Å²) in [6.45, 7) is 6.77. The number of likely N-dealkylation sites (tertiary alicyclic amines) is 2. The quantitative estimate of drug-likeness (QED) is 0.299. The first-order valence-electron chi connectivity index (χ1n) is 13.1. The molecule has 1 unspecified atom stereocenters. The summed E-state index contributed by atoms with van der Waals surface area (Å²) in [6.07, 6.45) is 6.43. The highest BCUT2D eigenvalue weighted by Gasteiger charge is 2.39. The van der Waals surface area contributed by atoms with Gasteiger partial charge in [-0.05, 0) is 69.1 Å². The number of esters is 1. The molecule has 3 heterocycles. The number of carbonyl (C=O) groups excluding carboxylic acids is 2. The van der Waals surface area contributed by atoms with Gasteiger partial charge in [-0.2, -0.15) is 0 Å². The van der Waals surface area contributed by atoms with Gasteiger partial charge < -0.3 is 24.2 Å². The molecule has 3 aliphatic heterocycles. The number of methoxy groups -OCH3 is 1. The molecule has 0 aromatic heterocycles. The minimum atomic E-state index is -0.440. The lowest BCUT2D eigenvalue weighted by molar-refractivity contribution is -0.136. The molecule has 204 valence electrons. The largest absolute Gasteiger partial charge is 0.466 e. The van der Waals surface area contributed by atoms with E-state index in [0.29, 0.717) is 17.1 Å². The van der Waals surface area contributed by atoms with Crippen molar-refractivity contribution in [1.29, 1.82) is 0 Å². The van der Waals surface area contributed by atoms with Crippen LogP contribution in [0.25, 0.3) is 0 Å². The highest BCUT2D eigenvalue weighted by molar-refractivity contribution is 6.31. The van der Waals surface area contributed by atoms with Gasteiger partial charge in [0.25, 0.3) is 6.47 Å². The average molecular weight is 532 g/mol. The summed E-state index contributed by atoms with van der Waals surface area (Å²) < 4.78 is 10.7. The van der Waals surface area contributed by atoms with E-state index in [4.69, 9.17) is 21.1 Å². The Labute approximate surface area is 227 Å². The van der Waals surface area contributed by atoms with Crippen LogP contribution >= 0.6 is 11.6 Å². The van der Waals surface area contributed by atoms with E-state index in [1.165, 1.54) is 32.8 Å². The van der Waals surface area contributed by atoms with E-state index < -0.39 is 5.92 Å². The van der Waals surface area contributed by atoms with Crippen molar-refractivity contribution in [2.75, 3.05) is 60.0 Å². The molecule has 2 fully saturated rings. The zero-order chi connectivity index (χ0) is 25.5. The molecule has 1 aromatic carbocycles. The van der Waals surface area contributed by atoms with Gasteiger partial charge in [-0.25, -0.2) is 4.79 Å². The van der Waals surface area contributed by atoms with Gasteiger partial charge in [0.2, 0.25) is 0 Å². The Morgan fingerprint density at radius 1 is 1.00 bits per heavy atom. The first kappa shape index (κ1) is 29.2. The van der Waals surface area contributed by atoms with Gasteiger partial charge in [0, 0.05) is 55.3 Å². The fourth-order valence-electron chi connectivity index (χ4n) is 5.93. The first-order chi connectivity index (χ1) is 17.5. The number of ether oxygens (including phenoxy) is 2. The molecule has 0 bridgehead atoms. The minimum Gasteiger partial charge on any atom is -0.466 e. The Balaban J connectivity index is 0.00000380. The van der Waals surface area contributed by atoms with Gasteiger partial charge in [-0.3, -0.25) is 4.79 Å². The normalized spacial score (nSPS) is 20.8. The van der Waals surface area contributed by atoms with Gasteiger partial charge in [0.15, 0.2) is 0 Å². The number of halogens is 1. The summed E-state index contributed by atoms with van der Waals surface area (Å²) in [7, 11) is 3.45. The van der Waals surface area contributed by atoms with Crippen LogP contribution < -0.4 is 0 Å².